The first kappa shape index (κ1) is 16.9. The Morgan fingerprint density at radius 3 is 2.15 bits per heavy atom. The normalized spacial score (nSPS) is 12.4. The van der Waals surface area contributed by atoms with Gasteiger partial charge >= 0.3 is 0 Å². The molecule has 0 aromatic heterocycles. The van der Waals surface area contributed by atoms with Crippen molar-refractivity contribution in [1.29, 1.82) is 0 Å². The lowest BCUT2D eigenvalue weighted by molar-refractivity contribution is 0.355. The van der Waals surface area contributed by atoms with Crippen LogP contribution in [0.25, 0.3) is 0 Å². The number of hydrogen-bond donors (Lipinski definition) is 1. The fourth-order valence-corrected chi connectivity index (χ4v) is 3.64. The zero-order valence-corrected chi connectivity index (χ0v) is 13.3. The molecule has 0 atom stereocenters. The van der Waals surface area contributed by atoms with Crippen LogP contribution in [-0.2, 0) is 10.0 Å². The van der Waals surface area contributed by atoms with Gasteiger partial charge in [-0.15, -0.1) is 0 Å². The maximum atomic E-state index is 13.3. The van der Waals surface area contributed by atoms with Crippen LogP contribution >= 0.6 is 0 Å². The van der Waals surface area contributed by atoms with Crippen molar-refractivity contribution in [2.75, 3.05) is 7.11 Å². The molecule has 114 valence electrons. The third-order valence-corrected chi connectivity index (χ3v) is 4.62. The fourth-order valence-electron chi connectivity index (χ4n) is 2.10. The van der Waals surface area contributed by atoms with Crippen molar-refractivity contribution in [3.05, 3.63) is 24.0 Å². The van der Waals surface area contributed by atoms with Crippen molar-refractivity contribution in [3.63, 3.8) is 0 Å². The zero-order valence-electron chi connectivity index (χ0n) is 12.5. The minimum Gasteiger partial charge on any atom is -0.494 e. The molecule has 0 aliphatic carbocycles. The van der Waals surface area contributed by atoms with E-state index in [9.17, 15) is 12.8 Å². The number of methoxy groups -OCH3 is 1. The Labute approximate surface area is 120 Å². The molecular weight excluding hydrogens is 281 g/mol. The Morgan fingerprint density at radius 2 is 1.70 bits per heavy atom. The molecule has 0 radical (unpaired) electrons. The zero-order chi connectivity index (χ0) is 15.5. The lowest BCUT2D eigenvalue weighted by Gasteiger charge is -2.25. The molecule has 1 aromatic carbocycles. The Balaban J connectivity index is 3.10. The Kier molecular flexibility index (Phi) is 5.53. The highest BCUT2D eigenvalue weighted by atomic mass is 32.2. The molecule has 0 saturated heterocycles. The van der Waals surface area contributed by atoms with E-state index in [2.05, 4.69) is 4.72 Å². The van der Waals surface area contributed by atoms with E-state index in [1.165, 1.54) is 19.2 Å². The Morgan fingerprint density at radius 1 is 1.15 bits per heavy atom. The molecule has 0 spiro atoms. The van der Waals surface area contributed by atoms with Crippen LogP contribution in [0.2, 0.25) is 0 Å². The molecule has 1 aromatic rings. The summed E-state index contributed by atoms with van der Waals surface area (Å²) in [7, 11) is -2.40. The van der Waals surface area contributed by atoms with Crippen molar-refractivity contribution in [2.24, 2.45) is 11.8 Å². The molecule has 0 heterocycles. The van der Waals surface area contributed by atoms with E-state index in [0.717, 1.165) is 6.07 Å². The van der Waals surface area contributed by atoms with Crippen LogP contribution in [0.4, 0.5) is 4.39 Å². The van der Waals surface area contributed by atoms with E-state index < -0.39 is 15.8 Å². The van der Waals surface area contributed by atoms with Crippen LogP contribution in [-0.4, -0.2) is 21.6 Å². The van der Waals surface area contributed by atoms with Gasteiger partial charge in [-0.2, -0.15) is 0 Å². The van der Waals surface area contributed by atoms with Crippen LogP contribution in [0.1, 0.15) is 27.7 Å². The molecule has 0 fully saturated rings. The smallest absolute Gasteiger partial charge is 0.240 e. The third kappa shape index (κ3) is 3.93. The average molecular weight is 303 g/mol. The number of hydrogen-bond acceptors (Lipinski definition) is 3. The molecule has 1 N–H and O–H groups in total. The second-order valence-corrected chi connectivity index (χ2v) is 7.15. The van der Waals surface area contributed by atoms with Crippen molar-refractivity contribution in [1.82, 2.24) is 4.72 Å². The number of rotatable bonds is 6. The molecular formula is C14H22FNO3S. The topological polar surface area (TPSA) is 55.4 Å². The Hall–Kier alpha value is -1.14. The molecule has 0 saturated carbocycles. The van der Waals surface area contributed by atoms with Crippen molar-refractivity contribution >= 4 is 10.0 Å². The summed E-state index contributed by atoms with van der Waals surface area (Å²) in [6.45, 7) is 7.83. The monoisotopic (exact) mass is 303 g/mol. The minimum absolute atomic E-state index is 0.00190. The van der Waals surface area contributed by atoms with Gasteiger partial charge in [-0.25, -0.2) is 17.5 Å². The van der Waals surface area contributed by atoms with Gasteiger partial charge < -0.3 is 4.74 Å². The quantitative estimate of drug-likeness (QED) is 0.879. The minimum atomic E-state index is -3.70. The second-order valence-electron chi connectivity index (χ2n) is 5.43. The lowest BCUT2D eigenvalue weighted by atomic mass is 9.94. The van der Waals surface area contributed by atoms with Gasteiger partial charge in [0, 0.05) is 12.1 Å². The van der Waals surface area contributed by atoms with Gasteiger partial charge in [0.25, 0.3) is 0 Å². The van der Waals surface area contributed by atoms with Crippen LogP contribution in [0.5, 0.6) is 5.75 Å². The Bertz CT molecular complexity index is 548. The summed E-state index contributed by atoms with van der Waals surface area (Å²) in [5.74, 6) is -0.353. The van der Waals surface area contributed by atoms with Crippen molar-refractivity contribution < 1.29 is 17.5 Å². The summed E-state index contributed by atoms with van der Waals surface area (Å²) in [6, 6.07) is 3.33. The molecule has 4 nitrogen and oxygen atoms in total. The standard InChI is InChI=1S/C14H22FNO3S/c1-9(2)14(10(3)4)16-20(17,18)11-6-7-12(15)13(8-11)19-5/h6-10,14,16H,1-5H3. The van der Waals surface area contributed by atoms with E-state index in [-0.39, 0.29) is 28.5 Å². The average Bonchev–Trinajstić information content (AvgIpc) is 2.35. The highest BCUT2D eigenvalue weighted by Gasteiger charge is 2.25. The number of nitrogens with one attached hydrogen (secondary N) is 1. The summed E-state index contributed by atoms with van der Waals surface area (Å²) < 4.78 is 45.5. The van der Waals surface area contributed by atoms with Gasteiger partial charge in [0.1, 0.15) is 0 Å². The predicted molar refractivity (Wildman–Crippen MR) is 76.7 cm³/mol. The van der Waals surface area contributed by atoms with E-state index in [0.29, 0.717) is 0 Å². The van der Waals surface area contributed by atoms with Crippen molar-refractivity contribution in [2.45, 2.75) is 38.6 Å². The SMILES string of the molecule is COc1cc(S(=O)(=O)NC(C(C)C)C(C)C)ccc1F. The molecule has 0 aliphatic heterocycles. The van der Waals surface area contributed by atoms with Gasteiger partial charge in [0.15, 0.2) is 11.6 Å². The molecule has 0 unspecified atom stereocenters. The van der Waals surface area contributed by atoms with Crippen LogP contribution in [0.3, 0.4) is 0 Å². The summed E-state index contributed by atoms with van der Waals surface area (Å²) in [4.78, 5) is 0.00190. The number of sulfonamides is 1. The molecule has 6 heteroatoms. The van der Waals surface area contributed by atoms with Crippen molar-refractivity contribution in [3.8, 4) is 5.75 Å². The lowest BCUT2D eigenvalue weighted by Crippen LogP contribution is -2.42. The molecule has 0 bridgehead atoms. The third-order valence-electron chi connectivity index (χ3n) is 3.16. The summed E-state index contributed by atoms with van der Waals surface area (Å²) in [5, 5.41) is 0. The maximum absolute atomic E-state index is 13.3. The van der Waals surface area contributed by atoms with Crippen LogP contribution in [0, 0.1) is 17.7 Å². The molecule has 0 amide bonds. The largest absolute Gasteiger partial charge is 0.494 e. The van der Waals surface area contributed by atoms with E-state index in [1.54, 1.807) is 0 Å². The fraction of sp³-hybridized carbons (Fsp3) is 0.571. The first-order valence-electron chi connectivity index (χ1n) is 6.55. The number of halogens is 1. The number of benzene rings is 1. The molecule has 20 heavy (non-hydrogen) atoms. The van der Waals surface area contributed by atoms with Gasteiger partial charge in [-0.3, -0.25) is 0 Å². The first-order valence-corrected chi connectivity index (χ1v) is 8.03. The summed E-state index contributed by atoms with van der Waals surface area (Å²) >= 11 is 0. The predicted octanol–water partition coefficient (Wildman–Crippen LogP) is 2.79. The second kappa shape index (κ2) is 6.54. The summed E-state index contributed by atoms with van der Waals surface area (Å²) in [6.07, 6.45) is 0. The van der Waals surface area contributed by atoms with Crippen LogP contribution < -0.4 is 9.46 Å². The van der Waals surface area contributed by atoms with E-state index >= 15 is 0 Å². The summed E-state index contributed by atoms with van der Waals surface area (Å²) in [5.41, 5.74) is 0. The van der Waals surface area contributed by atoms with Gasteiger partial charge in [0.05, 0.1) is 12.0 Å². The number of ether oxygens (including phenoxy) is 1. The molecule has 0 aliphatic rings. The van der Waals surface area contributed by atoms with E-state index in [1.807, 2.05) is 27.7 Å². The highest BCUT2D eigenvalue weighted by molar-refractivity contribution is 7.89. The molecule has 1 rings (SSSR count). The van der Waals surface area contributed by atoms with Gasteiger partial charge in [-0.05, 0) is 24.0 Å². The van der Waals surface area contributed by atoms with Gasteiger partial charge in [-0.1, -0.05) is 27.7 Å². The van der Waals surface area contributed by atoms with Crippen LogP contribution in [0.15, 0.2) is 23.1 Å². The highest BCUT2D eigenvalue weighted by Crippen LogP contribution is 2.23. The van der Waals surface area contributed by atoms with Gasteiger partial charge in [0.2, 0.25) is 10.0 Å². The maximum Gasteiger partial charge on any atom is 0.240 e. The first-order chi connectivity index (χ1) is 9.19. The van der Waals surface area contributed by atoms with E-state index in [4.69, 9.17) is 4.74 Å².